The average Bonchev–Trinajstić information content (AvgIpc) is 2.97. The summed E-state index contributed by atoms with van der Waals surface area (Å²) in [5.41, 5.74) is -0.202. The number of benzene rings is 1. The van der Waals surface area contributed by atoms with Gasteiger partial charge in [-0.3, -0.25) is 0 Å². The lowest BCUT2D eigenvalue weighted by Crippen LogP contribution is -2.27. The van der Waals surface area contributed by atoms with Gasteiger partial charge in [0, 0.05) is 13.2 Å². The van der Waals surface area contributed by atoms with Gasteiger partial charge in [-0.2, -0.15) is 0 Å². The monoisotopic (exact) mass is 305 g/mol. The predicted molar refractivity (Wildman–Crippen MR) is 70.6 cm³/mol. The molecule has 1 aromatic carbocycles. The first-order valence-corrected chi connectivity index (χ1v) is 6.82. The van der Waals surface area contributed by atoms with Crippen LogP contribution in [0.2, 0.25) is 0 Å². The molecule has 0 saturated carbocycles. The number of halogens is 3. The smallest absolute Gasteiger partial charge is 0.196 e. The van der Waals surface area contributed by atoms with E-state index < -0.39 is 23.6 Å². The first-order chi connectivity index (χ1) is 10.1. The van der Waals surface area contributed by atoms with Crippen molar-refractivity contribution >= 4 is 5.69 Å². The highest BCUT2D eigenvalue weighted by Crippen LogP contribution is 2.19. The van der Waals surface area contributed by atoms with Gasteiger partial charge < -0.3 is 19.9 Å². The van der Waals surface area contributed by atoms with Crippen molar-refractivity contribution in [2.75, 3.05) is 31.7 Å². The van der Waals surface area contributed by atoms with Crippen LogP contribution in [0.15, 0.2) is 12.1 Å². The molecule has 4 nitrogen and oxygen atoms in total. The van der Waals surface area contributed by atoms with Crippen LogP contribution >= 0.6 is 0 Å². The number of rotatable bonds is 7. The lowest BCUT2D eigenvalue weighted by Gasteiger charge is -2.15. The minimum atomic E-state index is -1.54. The molecule has 1 aliphatic rings. The summed E-state index contributed by atoms with van der Waals surface area (Å²) >= 11 is 0. The van der Waals surface area contributed by atoms with E-state index in [1.165, 1.54) is 0 Å². The van der Waals surface area contributed by atoms with E-state index in [1.807, 2.05) is 0 Å². The average molecular weight is 305 g/mol. The van der Waals surface area contributed by atoms with E-state index in [-0.39, 0.29) is 24.9 Å². The van der Waals surface area contributed by atoms with Crippen molar-refractivity contribution in [1.82, 2.24) is 0 Å². The highest BCUT2D eigenvalue weighted by molar-refractivity contribution is 5.45. The molecule has 21 heavy (non-hydrogen) atoms. The van der Waals surface area contributed by atoms with Crippen molar-refractivity contribution in [3.05, 3.63) is 29.6 Å². The van der Waals surface area contributed by atoms with Crippen LogP contribution in [0, 0.1) is 17.5 Å². The van der Waals surface area contributed by atoms with E-state index in [0.717, 1.165) is 31.6 Å². The van der Waals surface area contributed by atoms with Gasteiger partial charge in [-0.1, -0.05) is 0 Å². The van der Waals surface area contributed by atoms with Gasteiger partial charge in [-0.25, -0.2) is 13.2 Å². The molecule has 1 fully saturated rings. The Morgan fingerprint density at radius 3 is 2.86 bits per heavy atom. The van der Waals surface area contributed by atoms with Crippen molar-refractivity contribution in [1.29, 1.82) is 0 Å². The van der Waals surface area contributed by atoms with E-state index >= 15 is 0 Å². The normalized spacial score (nSPS) is 19.7. The largest absolute Gasteiger partial charge is 0.389 e. The van der Waals surface area contributed by atoms with Crippen LogP contribution in [0.4, 0.5) is 18.9 Å². The summed E-state index contributed by atoms with van der Waals surface area (Å²) in [6, 6.07) is 1.90. The van der Waals surface area contributed by atoms with Crippen LogP contribution in [0.1, 0.15) is 12.8 Å². The minimum Gasteiger partial charge on any atom is -0.389 e. The molecule has 0 aliphatic carbocycles. The molecule has 1 aromatic rings. The molecule has 2 atom stereocenters. The van der Waals surface area contributed by atoms with Gasteiger partial charge in [0.2, 0.25) is 0 Å². The molecular weight excluding hydrogens is 287 g/mol. The number of aliphatic hydroxyl groups is 1. The molecule has 1 aliphatic heterocycles. The summed E-state index contributed by atoms with van der Waals surface area (Å²) in [6.07, 6.45) is 1.12. The molecule has 118 valence electrons. The van der Waals surface area contributed by atoms with Gasteiger partial charge in [-0.05, 0) is 25.0 Å². The van der Waals surface area contributed by atoms with E-state index in [4.69, 9.17) is 9.47 Å². The second kappa shape index (κ2) is 7.63. The van der Waals surface area contributed by atoms with E-state index in [0.29, 0.717) is 6.61 Å². The lowest BCUT2D eigenvalue weighted by molar-refractivity contribution is -0.0137. The van der Waals surface area contributed by atoms with Crippen molar-refractivity contribution in [3.8, 4) is 0 Å². The molecule has 0 amide bonds. The Balaban J connectivity index is 1.71. The Kier molecular flexibility index (Phi) is 5.84. The Labute approximate surface area is 120 Å². The standard InChI is InChI=1S/C14H18F3NO3/c15-11-3-4-12(14(17)13(11)16)18-6-9(19)7-20-8-10-2-1-5-21-10/h3-4,9-10,18-19H,1-2,5-8H2. The number of nitrogens with one attached hydrogen (secondary N) is 1. The van der Waals surface area contributed by atoms with Crippen molar-refractivity contribution in [2.24, 2.45) is 0 Å². The Hall–Kier alpha value is -1.31. The zero-order valence-electron chi connectivity index (χ0n) is 11.4. The zero-order valence-corrected chi connectivity index (χ0v) is 11.4. The molecule has 1 heterocycles. The zero-order chi connectivity index (χ0) is 15.2. The number of hydrogen-bond donors (Lipinski definition) is 2. The van der Waals surface area contributed by atoms with Gasteiger partial charge >= 0.3 is 0 Å². The number of aliphatic hydroxyl groups excluding tert-OH is 1. The van der Waals surface area contributed by atoms with Gasteiger partial charge in [0.25, 0.3) is 0 Å². The van der Waals surface area contributed by atoms with E-state index in [2.05, 4.69) is 5.32 Å². The van der Waals surface area contributed by atoms with Crippen LogP contribution in [0.3, 0.4) is 0 Å². The highest BCUT2D eigenvalue weighted by Gasteiger charge is 2.17. The summed E-state index contributed by atoms with van der Waals surface area (Å²) in [4.78, 5) is 0. The molecule has 0 spiro atoms. The first kappa shape index (κ1) is 16.1. The summed E-state index contributed by atoms with van der Waals surface area (Å²) < 4.78 is 49.8. The molecule has 2 N–H and O–H groups in total. The van der Waals surface area contributed by atoms with Crippen LogP contribution in [-0.4, -0.2) is 43.7 Å². The summed E-state index contributed by atoms with van der Waals surface area (Å²) in [5, 5.41) is 12.2. The molecule has 7 heteroatoms. The third-order valence-corrected chi connectivity index (χ3v) is 3.20. The SMILES string of the molecule is OC(CNc1ccc(F)c(F)c1F)COCC1CCCO1. The lowest BCUT2D eigenvalue weighted by atomic mass is 10.2. The predicted octanol–water partition coefficient (Wildman–Crippen LogP) is 2.07. The van der Waals surface area contributed by atoms with Gasteiger partial charge in [0.05, 0.1) is 31.1 Å². The fourth-order valence-corrected chi connectivity index (χ4v) is 2.06. The Bertz CT molecular complexity index is 467. The van der Waals surface area contributed by atoms with Crippen molar-refractivity contribution < 1.29 is 27.8 Å². The number of ether oxygens (including phenoxy) is 2. The minimum absolute atomic E-state index is 0.0342. The maximum atomic E-state index is 13.4. The van der Waals surface area contributed by atoms with Crippen LogP contribution in [-0.2, 0) is 9.47 Å². The first-order valence-electron chi connectivity index (χ1n) is 6.82. The van der Waals surface area contributed by atoms with Crippen molar-refractivity contribution in [2.45, 2.75) is 25.0 Å². The molecule has 0 bridgehead atoms. The molecule has 0 radical (unpaired) electrons. The second-order valence-corrected chi connectivity index (χ2v) is 4.93. The fourth-order valence-electron chi connectivity index (χ4n) is 2.06. The summed E-state index contributed by atoms with van der Waals surface area (Å²) in [7, 11) is 0. The summed E-state index contributed by atoms with van der Waals surface area (Å²) in [5.74, 6) is -4.09. The number of anilines is 1. The van der Waals surface area contributed by atoms with Gasteiger partial charge in [-0.15, -0.1) is 0 Å². The number of hydrogen-bond acceptors (Lipinski definition) is 4. The van der Waals surface area contributed by atoms with Crippen LogP contribution in [0.5, 0.6) is 0 Å². The third-order valence-electron chi connectivity index (χ3n) is 3.20. The van der Waals surface area contributed by atoms with Crippen LogP contribution in [0.25, 0.3) is 0 Å². The van der Waals surface area contributed by atoms with Gasteiger partial charge in [0.15, 0.2) is 17.5 Å². The van der Waals surface area contributed by atoms with Crippen molar-refractivity contribution in [3.63, 3.8) is 0 Å². The third kappa shape index (κ3) is 4.59. The van der Waals surface area contributed by atoms with Crippen LogP contribution < -0.4 is 5.32 Å². The Morgan fingerprint density at radius 1 is 1.33 bits per heavy atom. The molecular formula is C14H18F3NO3. The maximum absolute atomic E-state index is 13.4. The van der Waals surface area contributed by atoms with Gasteiger partial charge in [0.1, 0.15) is 0 Å². The molecule has 1 saturated heterocycles. The Morgan fingerprint density at radius 2 is 2.14 bits per heavy atom. The molecule has 2 unspecified atom stereocenters. The maximum Gasteiger partial charge on any atom is 0.196 e. The molecule has 0 aromatic heterocycles. The fraction of sp³-hybridized carbons (Fsp3) is 0.571. The quantitative estimate of drug-likeness (QED) is 0.757. The molecule has 2 rings (SSSR count). The van der Waals surface area contributed by atoms with E-state index in [1.54, 1.807) is 0 Å². The second-order valence-electron chi connectivity index (χ2n) is 4.93. The topological polar surface area (TPSA) is 50.7 Å². The summed E-state index contributed by atoms with van der Waals surface area (Å²) in [6.45, 7) is 1.15. The highest BCUT2D eigenvalue weighted by atomic mass is 19.2. The van der Waals surface area contributed by atoms with E-state index in [9.17, 15) is 18.3 Å².